The van der Waals surface area contributed by atoms with Crippen molar-refractivity contribution in [1.82, 2.24) is 4.90 Å². The number of nitrogens with zero attached hydrogens (tertiary/aromatic N) is 1. The Hall–Kier alpha value is -1.42. The first-order valence-corrected chi connectivity index (χ1v) is 8.90. The fraction of sp³-hybridized carbons (Fsp3) is 0.632. The van der Waals surface area contributed by atoms with Crippen LogP contribution in [0.1, 0.15) is 44.1 Å². The summed E-state index contributed by atoms with van der Waals surface area (Å²) in [5.41, 5.74) is 7.07. The van der Waals surface area contributed by atoms with Crippen molar-refractivity contribution in [3.8, 4) is 0 Å². The SMILES string of the molecule is NC1CCCC(C(=O)N2CCC(Cc3cccc(F)c3)CC2)C1. The van der Waals surface area contributed by atoms with Gasteiger partial charge in [0.2, 0.25) is 5.91 Å². The minimum Gasteiger partial charge on any atom is -0.342 e. The number of rotatable bonds is 3. The molecule has 2 unspecified atom stereocenters. The number of likely N-dealkylation sites (tertiary alicyclic amines) is 1. The molecule has 1 aromatic rings. The zero-order valence-corrected chi connectivity index (χ0v) is 13.7. The molecule has 1 heterocycles. The number of carbonyl (C=O) groups excluding carboxylic acids is 1. The minimum atomic E-state index is -0.163. The zero-order valence-electron chi connectivity index (χ0n) is 13.7. The number of amides is 1. The third-order valence-corrected chi connectivity index (χ3v) is 5.40. The van der Waals surface area contributed by atoms with Crippen LogP contribution in [0.3, 0.4) is 0 Å². The Morgan fingerprint density at radius 3 is 2.70 bits per heavy atom. The van der Waals surface area contributed by atoms with Crippen LogP contribution in [0.2, 0.25) is 0 Å². The fourth-order valence-electron chi connectivity index (χ4n) is 4.06. The Kier molecular flexibility index (Phi) is 5.31. The van der Waals surface area contributed by atoms with Gasteiger partial charge in [0.25, 0.3) is 0 Å². The summed E-state index contributed by atoms with van der Waals surface area (Å²) in [5, 5.41) is 0. The lowest BCUT2D eigenvalue weighted by atomic mass is 9.84. The van der Waals surface area contributed by atoms with E-state index >= 15 is 0 Å². The third kappa shape index (κ3) is 4.31. The Morgan fingerprint density at radius 1 is 1.22 bits per heavy atom. The van der Waals surface area contributed by atoms with E-state index in [0.717, 1.165) is 63.6 Å². The van der Waals surface area contributed by atoms with Crippen molar-refractivity contribution in [2.45, 2.75) is 51.0 Å². The highest BCUT2D eigenvalue weighted by atomic mass is 19.1. The van der Waals surface area contributed by atoms with Crippen LogP contribution in [0.5, 0.6) is 0 Å². The molecular formula is C19H27FN2O. The van der Waals surface area contributed by atoms with Crippen LogP contribution in [-0.2, 0) is 11.2 Å². The molecule has 23 heavy (non-hydrogen) atoms. The molecule has 0 radical (unpaired) electrons. The summed E-state index contributed by atoms with van der Waals surface area (Å²) in [6.07, 6.45) is 6.92. The highest BCUT2D eigenvalue weighted by Gasteiger charge is 2.31. The second kappa shape index (κ2) is 7.43. The highest BCUT2D eigenvalue weighted by molar-refractivity contribution is 5.79. The lowest BCUT2D eigenvalue weighted by molar-refractivity contribution is -0.138. The smallest absolute Gasteiger partial charge is 0.225 e. The lowest BCUT2D eigenvalue weighted by Crippen LogP contribution is -2.44. The maximum atomic E-state index is 13.3. The summed E-state index contributed by atoms with van der Waals surface area (Å²) in [6.45, 7) is 1.68. The molecule has 126 valence electrons. The summed E-state index contributed by atoms with van der Waals surface area (Å²) >= 11 is 0. The van der Waals surface area contributed by atoms with E-state index in [9.17, 15) is 9.18 Å². The normalized spacial score (nSPS) is 26.3. The molecular weight excluding hydrogens is 291 g/mol. The Morgan fingerprint density at radius 2 is 2.00 bits per heavy atom. The minimum absolute atomic E-state index is 0.138. The number of piperidine rings is 1. The first-order chi connectivity index (χ1) is 11.1. The van der Waals surface area contributed by atoms with E-state index in [2.05, 4.69) is 0 Å². The van der Waals surface area contributed by atoms with E-state index < -0.39 is 0 Å². The summed E-state index contributed by atoms with van der Waals surface area (Å²) < 4.78 is 13.3. The van der Waals surface area contributed by atoms with Crippen molar-refractivity contribution in [1.29, 1.82) is 0 Å². The predicted molar refractivity (Wildman–Crippen MR) is 89.3 cm³/mol. The van der Waals surface area contributed by atoms with Crippen molar-refractivity contribution in [3.05, 3.63) is 35.6 Å². The molecule has 2 aliphatic rings. The standard InChI is InChI=1S/C19H27FN2O/c20-17-5-1-3-15(12-17)11-14-7-9-22(10-8-14)19(23)16-4-2-6-18(21)13-16/h1,3,5,12,14,16,18H,2,4,6-11,13,21H2. The molecule has 1 aliphatic carbocycles. The van der Waals surface area contributed by atoms with Crippen molar-refractivity contribution in [2.75, 3.05) is 13.1 Å². The molecule has 1 saturated carbocycles. The molecule has 1 amide bonds. The topological polar surface area (TPSA) is 46.3 Å². The first kappa shape index (κ1) is 16.4. The quantitative estimate of drug-likeness (QED) is 0.931. The molecule has 2 atom stereocenters. The number of halogens is 1. The summed E-state index contributed by atoms with van der Waals surface area (Å²) in [4.78, 5) is 14.7. The van der Waals surface area contributed by atoms with Gasteiger partial charge in [0.15, 0.2) is 0 Å². The molecule has 3 nitrogen and oxygen atoms in total. The Bertz CT molecular complexity index is 540. The van der Waals surface area contributed by atoms with Gasteiger partial charge in [0.05, 0.1) is 0 Å². The van der Waals surface area contributed by atoms with E-state index in [1.807, 2.05) is 11.0 Å². The van der Waals surface area contributed by atoms with Gasteiger partial charge in [-0.05, 0) is 62.1 Å². The first-order valence-electron chi connectivity index (χ1n) is 8.90. The van der Waals surface area contributed by atoms with Gasteiger partial charge in [0, 0.05) is 25.0 Å². The Labute approximate surface area is 138 Å². The molecule has 0 aromatic heterocycles. The Balaban J connectivity index is 1.49. The van der Waals surface area contributed by atoms with Crippen LogP contribution >= 0.6 is 0 Å². The van der Waals surface area contributed by atoms with Crippen LogP contribution in [0, 0.1) is 17.7 Å². The largest absolute Gasteiger partial charge is 0.342 e. The van der Waals surface area contributed by atoms with E-state index in [-0.39, 0.29) is 17.8 Å². The molecule has 1 aliphatic heterocycles. The molecule has 1 saturated heterocycles. The van der Waals surface area contributed by atoms with E-state index in [1.165, 1.54) is 6.07 Å². The monoisotopic (exact) mass is 318 g/mol. The van der Waals surface area contributed by atoms with Gasteiger partial charge >= 0.3 is 0 Å². The van der Waals surface area contributed by atoms with E-state index in [0.29, 0.717) is 11.8 Å². The van der Waals surface area contributed by atoms with Crippen LogP contribution in [0.4, 0.5) is 4.39 Å². The van der Waals surface area contributed by atoms with Crippen LogP contribution in [0.25, 0.3) is 0 Å². The van der Waals surface area contributed by atoms with Gasteiger partial charge in [-0.15, -0.1) is 0 Å². The van der Waals surface area contributed by atoms with Gasteiger partial charge in [-0.1, -0.05) is 18.6 Å². The number of hydrogen-bond acceptors (Lipinski definition) is 2. The predicted octanol–water partition coefficient (Wildman–Crippen LogP) is 3.12. The van der Waals surface area contributed by atoms with Crippen LogP contribution in [0.15, 0.2) is 24.3 Å². The van der Waals surface area contributed by atoms with Gasteiger partial charge < -0.3 is 10.6 Å². The number of hydrogen-bond donors (Lipinski definition) is 1. The summed E-state index contributed by atoms with van der Waals surface area (Å²) in [6, 6.07) is 7.07. The van der Waals surface area contributed by atoms with Gasteiger partial charge in [0.1, 0.15) is 5.82 Å². The number of carbonyl (C=O) groups is 1. The van der Waals surface area contributed by atoms with Crippen molar-refractivity contribution >= 4 is 5.91 Å². The van der Waals surface area contributed by atoms with Gasteiger partial charge in [-0.3, -0.25) is 4.79 Å². The molecule has 4 heteroatoms. The molecule has 2 fully saturated rings. The van der Waals surface area contributed by atoms with Crippen LogP contribution in [-0.4, -0.2) is 29.9 Å². The van der Waals surface area contributed by atoms with Gasteiger partial charge in [-0.25, -0.2) is 4.39 Å². The van der Waals surface area contributed by atoms with Gasteiger partial charge in [-0.2, -0.15) is 0 Å². The summed E-state index contributed by atoms with van der Waals surface area (Å²) in [7, 11) is 0. The van der Waals surface area contributed by atoms with E-state index in [1.54, 1.807) is 12.1 Å². The lowest BCUT2D eigenvalue weighted by Gasteiger charge is -2.36. The zero-order chi connectivity index (χ0) is 16.2. The summed E-state index contributed by atoms with van der Waals surface area (Å²) in [5.74, 6) is 0.834. The molecule has 3 rings (SSSR count). The molecule has 0 bridgehead atoms. The maximum Gasteiger partial charge on any atom is 0.225 e. The highest BCUT2D eigenvalue weighted by Crippen LogP contribution is 2.28. The van der Waals surface area contributed by atoms with Crippen molar-refractivity contribution < 1.29 is 9.18 Å². The average molecular weight is 318 g/mol. The second-order valence-electron chi connectivity index (χ2n) is 7.23. The van der Waals surface area contributed by atoms with Crippen molar-refractivity contribution in [2.24, 2.45) is 17.6 Å². The average Bonchev–Trinajstić information content (AvgIpc) is 2.55. The second-order valence-corrected chi connectivity index (χ2v) is 7.23. The maximum absolute atomic E-state index is 13.3. The molecule has 2 N–H and O–H groups in total. The van der Waals surface area contributed by atoms with E-state index in [4.69, 9.17) is 5.73 Å². The van der Waals surface area contributed by atoms with Crippen molar-refractivity contribution in [3.63, 3.8) is 0 Å². The third-order valence-electron chi connectivity index (χ3n) is 5.40. The number of benzene rings is 1. The molecule has 0 spiro atoms. The molecule has 1 aromatic carbocycles. The number of nitrogens with two attached hydrogens (primary N) is 1. The fourth-order valence-corrected chi connectivity index (χ4v) is 4.06. The van der Waals surface area contributed by atoms with Crippen LogP contribution < -0.4 is 5.73 Å².